The second kappa shape index (κ2) is 14.8. The molecule has 0 spiro atoms. The molecule has 0 rings (SSSR count). The van der Waals surface area contributed by atoms with Gasteiger partial charge in [0.25, 0.3) is 0 Å². The Morgan fingerprint density at radius 3 is 1.79 bits per heavy atom. The molecule has 1 unspecified atom stereocenters. The van der Waals surface area contributed by atoms with E-state index in [1.807, 2.05) is 13.0 Å². The number of carboxylic acid groups (broad SMARTS) is 1. The molecule has 0 aliphatic rings. The van der Waals surface area contributed by atoms with Crippen LogP contribution in [0, 0.1) is 0 Å². The van der Waals surface area contributed by atoms with E-state index in [0.717, 1.165) is 25.7 Å². The summed E-state index contributed by atoms with van der Waals surface area (Å²) in [6, 6.07) is 0. The minimum Gasteiger partial charge on any atom is -0.481 e. The number of aliphatic carboxylic acids is 1. The standard InChI is InChI=1S/C22H39O5P/c1-7-26-28(25,27-8-2)21(22(23)24)17-11-16-20(6)15-10-14-19(5)13-9-12-18(3)4/h12,14,16,21H,7-11,13,15,17H2,1-6H3,(H,23,24)/b19-14+,20-16+. The zero-order valence-corrected chi connectivity index (χ0v) is 19.4. The van der Waals surface area contributed by atoms with Gasteiger partial charge in [-0.1, -0.05) is 34.9 Å². The Kier molecular flexibility index (Phi) is 14.2. The predicted molar refractivity (Wildman–Crippen MR) is 117 cm³/mol. The second-order valence-electron chi connectivity index (χ2n) is 7.27. The molecule has 0 aromatic heterocycles. The maximum atomic E-state index is 12.7. The quantitative estimate of drug-likeness (QED) is 0.233. The first-order chi connectivity index (χ1) is 13.2. The maximum Gasteiger partial charge on any atom is 0.344 e. The molecule has 6 heteroatoms. The first-order valence-corrected chi connectivity index (χ1v) is 11.8. The smallest absolute Gasteiger partial charge is 0.344 e. The fourth-order valence-electron chi connectivity index (χ4n) is 2.82. The molecular weight excluding hydrogens is 375 g/mol. The van der Waals surface area contributed by atoms with E-state index >= 15 is 0 Å². The van der Waals surface area contributed by atoms with Gasteiger partial charge in [-0.3, -0.25) is 9.36 Å². The van der Waals surface area contributed by atoms with Crippen LogP contribution in [0.25, 0.3) is 0 Å². The van der Waals surface area contributed by atoms with Crippen molar-refractivity contribution in [2.75, 3.05) is 13.2 Å². The van der Waals surface area contributed by atoms with Crippen LogP contribution in [0.5, 0.6) is 0 Å². The molecule has 0 saturated heterocycles. The lowest BCUT2D eigenvalue weighted by atomic mass is 10.1. The number of allylic oxidation sites excluding steroid dienone is 6. The normalized spacial score (nSPS) is 14.1. The van der Waals surface area contributed by atoms with Gasteiger partial charge >= 0.3 is 13.6 Å². The molecular formula is C22H39O5P. The Balaban J connectivity index is 4.61. The molecule has 0 fully saturated rings. The monoisotopic (exact) mass is 414 g/mol. The van der Waals surface area contributed by atoms with E-state index in [-0.39, 0.29) is 19.6 Å². The molecule has 0 saturated carbocycles. The van der Waals surface area contributed by atoms with Crippen molar-refractivity contribution in [2.45, 2.75) is 85.7 Å². The van der Waals surface area contributed by atoms with Crippen molar-refractivity contribution in [1.29, 1.82) is 0 Å². The van der Waals surface area contributed by atoms with Crippen molar-refractivity contribution in [3.8, 4) is 0 Å². The molecule has 28 heavy (non-hydrogen) atoms. The highest BCUT2D eigenvalue weighted by atomic mass is 31.2. The van der Waals surface area contributed by atoms with Gasteiger partial charge in [-0.25, -0.2) is 0 Å². The van der Waals surface area contributed by atoms with Gasteiger partial charge in [0.05, 0.1) is 13.2 Å². The van der Waals surface area contributed by atoms with E-state index in [0.29, 0.717) is 6.42 Å². The summed E-state index contributed by atoms with van der Waals surface area (Å²) in [6.07, 6.45) is 11.4. The minimum absolute atomic E-state index is 0.162. The van der Waals surface area contributed by atoms with Crippen molar-refractivity contribution in [2.24, 2.45) is 0 Å². The van der Waals surface area contributed by atoms with Gasteiger partial charge in [0.15, 0.2) is 5.66 Å². The molecule has 1 atom stereocenters. The summed E-state index contributed by atoms with van der Waals surface area (Å²) in [4.78, 5) is 11.6. The number of carboxylic acids is 1. The molecule has 0 heterocycles. The third-order valence-corrected chi connectivity index (χ3v) is 6.82. The molecule has 0 radical (unpaired) electrons. The molecule has 0 aromatic carbocycles. The lowest BCUT2D eigenvalue weighted by Gasteiger charge is -2.22. The number of hydrogen-bond acceptors (Lipinski definition) is 4. The SMILES string of the molecule is CCOP(=O)(OCC)C(CC/C=C(\C)CC/C=C(\C)CCC=C(C)C)C(=O)O. The van der Waals surface area contributed by atoms with Crippen molar-refractivity contribution >= 4 is 13.6 Å². The van der Waals surface area contributed by atoms with E-state index in [2.05, 4.69) is 32.9 Å². The molecule has 0 bridgehead atoms. The van der Waals surface area contributed by atoms with Crippen LogP contribution in [-0.2, 0) is 18.4 Å². The zero-order valence-electron chi connectivity index (χ0n) is 18.5. The molecule has 1 N–H and O–H groups in total. The molecule has 0 amide bonds. The van der Waals surface area contributed by atoms with Crippen molar-refractivity contribution in [1.82, 2.24) is 0 Å². The minimum atomic E-state index is -3.64. The number of hydrogen-bond donors (Lipinski definition) is 1. The second-order valence-corrected chi connectivity index (χ2v) is 9.49. The van der Waals surface area contributed by atoms with Gasteiger partial charge in [0.1, 0.15) is 0 Å². The van der Waals surface area contributed by atoms with Crippen LogP contribution in [0.2, 0.25) is 0 Å². The summed E-state index contributed by atoms with van der Waals surface area (Å²) >= 11 is 0. The van der Waals surface area contributed by atoms with Gasteiger partial charge in [-0.15, -0.1) is 0 Å². The summed E-state index contributed by atoms with van der Waals surface area (Å²) < 4.78 is 23.2. The Hall–Kier alpha value is -1.16. The van der Waals surface area contributed by atoms with Crippen LogP contribution in [-0.4, -0.2) is 29.9 Å². The van der Waals surface area contributed by atoms with Crippen LogP contribution < -0.4 is 0 Å². The van der Waals surface area contributed by atoms with Gasteiger partial charge in [-0.05, 0) is 80.1 Å². The van der Waals surface area contributed by atoms with Crippen LogP contribution in [0.3, 0.4) is 0 Å². The van der Waals surface area contributed by atoms with E-state index in [1.165, 1.54) is 16.7 Å². The third kappa shape index (κ3) is 11.6. The summed E-state index contributed by atoms with van der Waals surface area (Å²) in [7, 11) is -3.64. The molecule has 5 nitrogen and oxygen atoms in total. The average molecular weight is 415 g/mol. The van der Waals surface area contributed by atoms with Crippen LogP contribution in [0.15, 0.2) is 34.9 Å². The van der Waals surface area contributed by atoms with Gasteiger partial charge in [0.2, 0.25) is 0 Å². The number of carbonyl (C=O) groups is 1. The van der Waals surface area contributed by atoms with Gasteiger partial charge < -0.3 is 14.2 Å². The Morgan fingerprint density at radius 1 is 0.893 bits per heavy atom. The first kappa shape index (κ1) is 26.8. The fraction of sp³-hybridized carbons (Fsp3) is 0.682. The zero-order chi connectivity index (χ0) is 21.6. The lowest BCUT2D eigenvalue weighted by Crippen LogP contribution is -2.23. The Bertz CT molecular complexity index is 590. The molecule has 0 aliphatic heterocycles. The summed E-state index contributed by atoms with van der Waals surface area (Å²) in [6.45, 7) is 12.1. The van der Waals surface area contributed by atoms with E-state index in [1.54, 1.807) is 13.8 Å². The predicted octanol–water partition coefficient (Wildman–Crippen LogP) is 6.91. The molecule has 162 valence electrons. The van der Waals surface area contributed by atoms with E-state index in [4.69, 9.17) is 9.05 Å². The maximum absolute atomic E-state index is 12.7. The Labute approximate surface area is 171 Å². The highest BCUT2D eigenvalue weighted by Crippen LogP contribution is 2.54. The average Bonchev–Trinajstić information content (AvgIpc) is 2.58. The highest BCUT2D eigenvalue weighted by Gasteiger charge is 2.40. The topological polar surface area (TPSA) is 72.8 Å². The van der Waals surface area contributed by atoms with E-state index < -0.39 is 19.2 Å². The number of rotatable bonds is 15. The molecule has 0 aromatic rings. The molecule has 0 aliphatic carbocycles. The Morgan fingerprint density at radius 2 is 1.36 bits per heavy atom. The lowest BCUT2D eigenvalue weighted by molar-refractivity contribution is -0.137. The summed E-state index contributed by atoms with van der Waals surface area (Å²) in [5.41, 5.74) is 2.82. The van der Waals surface area contributed by atoms with Crippen LogP contribution >= 0.6 is 7.60 Å². The highest BCUT2D eigenvalue weighted by molar-refractivity contribution is 7.55. The van der Waals surface area contributed by atoms with Gasteiger partial charge in [0, 0.05) is 0 Å². The largest absolute Gasteiger partial charge is 0.481 e. The fourth-order valence-corrected chi connectivity index (χ4v) is 4.71. The third-order valence-electron chi connectivity index (χ3n) is 4.34. The van der Waals surface area contributed by atoms with Crippen LogP contribution in [0.1, 0.15) is 80.1 Å². The van der Waals surface area contributed by atoms with E-state index in [9.17, 15) is 14.5 Å². The van der Waals surface area contributed by atoms with Crippen molar-refractivity contribution in [3.05, 3.63) is 34.9 Å². The van der Waals surface area contributed by atoms with Gasteiger partial charge in [-0.2, -0.15) is 0 Å². The first-order valence-electron chi connectivity index (χ1n) is 10.2. The van der Waals surface area contributed by atoms with Crippen molar-refractivity contribution in [3.63, 3.8) is 0 Å². The summed E-state index contributed by atoms with van der Waals surface area (Å²) in [5.74, 6) is -1.13. The van der Waals surface area contributed by atoms with Crippen LogP contribution in [0.4, 0.5) is 0 Å². The van der Waals surface area contributed by atoms with Crippen molar-refractivity contribution < 1.29 is 23.5 Å². The summed E-state index contributed by atoms with van der Waals surface area (Å²) in [5, 5.41) is 9.47.